The van der Waals surface area contributed by atoms with E-state index in [2.05, 4.69) is 31.7 Å². The molecule has 118 valence electrons. The van der Waals surface area contributed by atoms with Gasteiger partial charge in [-0.15, -0.1) is 0 Å². The van der Waals surface area contributed by atoms with E-state index in [1.165, 1.54) is 4.68 Å². The molecule has 1 aromatic heterocycles. The van der Waals surface area contributed by atoms with E-state index >= 15 is 0 Å². The maximum absolute atomic E-state index is 12.0. The number of ether oxygens (including phenoxy) is 1. The average Bonchev–Trinajstić information content (AvgIpc) is 2.51. The summed E-state index contributed by atoms with van der Waals surface area (Å²) >= 11 is 3.34. The van der Waals surface area contributed by atoms with Crippen LogP contribution in [0.4, 0.5) is 5.69 Å². The molecule has 2 N–H and O–H groups in total. The first-order valence-electron chi connectivity index (χ1n) is 7.54. The van der Waals surface area contributed by atoms with Crippen molar-refractivity contribution in [2.24, 2.45) is 0 Å². The highest BCUT2D eigenvalue weighted by atomic mass is 79.9. The molecule has 0 aromatic carbocycles. The van der Waals surface area contributed by atoms with Gasteiger partial charge in [0.15, 0.2) is 0 Å². The van der Waals surface area contributed by atoms with Crippen molar-refractivity contribution in [3.63, 3.8) is 0 Å². The number of nitrogens with zero attached hydrogens (tertiary/aromatic N) is 2. The second kappa shape index (κ2) is 8.51. The number of anilines is 1. The Bertz CT molecular complexity index is 500. The van der Waals surface area contributed by atoms with Crippen LogP contribution < -0.4 is 16.2 Å². The van der Waals surface area contributed by atoms with Crippen LogP contribution in [-0.4, -0.2) is 42.1 Å². The Morgan fingerprint density at radius 3 is 3.00 bits per heavy atom. The molecule has 1 aromatic rings. The first kappa shape index (κ1) is 16.5. The van der Waals surface area contributed by atoms with Crippen molar-refractivity contribution in [3.05, 3.63) is 21.0 Å². The van der Waals surface area contributed by atoms with Gasteiger partial charge in [0.05, 0.1) is 24.6 Å². The Kier molecular flexibility index (Phi) is 6.66. The van der Waals surface area contributed by atoms with E-state index < -0.39 is 0 Å². The van der Waals surface area contributed by atoms with Crippen molar-refractivity contribution in [2.45, 2.75) is 38.8 Å². The summed E-state index contributed by atoms with van der Waals surface area (Å²) in [5.41, 5.74) is 0.627. The molecule has 1 fully saturated rings. The molecule has 0 aliphatic carbocycles. The topological polar surface area (TPSA) is 68.2 Å². The normalized spacial score (nSPS) is 16.1. The highest BCUT2D eigenvalue weighted by Gasteiger charge is 2.13. The quantitative estimate of drug-likeness (QED) is 0.724. The van der Waals surface area contributed by atoms with E-state index in [1.54, 1.807) is 6.20 Å². The SMILES string of the molecule is CCCn1ncc(NCCOC2CCNCC2)c(Br)c1=O. The lowest BCUT2D eigenvalue weighted by molar-refractivity contribution is 0.0394. The fourth-order valence-corrected chi connectivity index (χ4v) is 2.78. The number of nitrogens with one attached hydrogen (secondary N) is 2. The Balaban J connectivity index is 1.80. The van der Waals surface area contributed by atoms with Gasteiger partial charge in [0.2, 0.25) is 0 Å². The van der Waals surface area contributed by atoms with Crippen LogP contribution in [0.5, 0.6) is 0 Å². The van der Waals surface area contributed by atoms with E-state index in [0.29, 0.717) is 30.3 Å². The summed E-state index contributed by atoms with van der Waals surface area (Å²) in [7, 11) is 0. The van der Waals surface area contributed by atoms with Gasteiger partial charge in [0, 0.05) is 13.1 Å². The number of aromatic nitrogens is 2. The Hall–Kier alpha value is -0.920. The van der Waals surface area contributed by atoms with Gasteiger partial charge in [-0.3, -0.25) is 4.79 Å². The van der Waals surface area contributed by atoms with Crippen LogP contribution in [0.15, 0.2) is 15.5 Å². The summed E-state index contributed by atoms with van der Waals surface area (Å²) in [6.45, 7) is 6.02. The largest absolute Gasteiger partial charge is 0.380 e. The fourth-order valence-electron chi connectivity index (χ4n) is 2.33. The van der Waals surface area contributed by atoms with Crippen LogP contribution in [0, 0.1) is 0 Å². The molecule has 2 heterocycles. The van der Waals surface area contributed by atoms with E-state index in [9.17, 15) is 4.79 Å². The van der Waals surface area contributed by atoms with Crippen LogP contribution in [0.25, 0.3) is 0 Å². The summed E-state index contributed by atoms with van der Waals surface area (Å²) in [6, 6.07) is 0. The molecular formula is C14H23BrN4O2. The third-order valence-electron chi connectivity index (χ3n) is 3.48. The maximum Gasteiger partial charge on any atom is 0.283 e. The molecular weight excluding hydrogens is 336 g/mol. The monoisotopic (exact) mass is 358 g/mol. The number of halogens is 1. The number of rotatable bonds is 7. The lowest BCUT2D eigenvalue weighted by Gasteiger charge is -2.23. The zero-order chi connectivity index (χ0) is 15.1. The molecule has 1 saturated heterocycles. The Labute approximate surface area is 133 Å². The van der Waals surface area contributed by atoms with E-state index in [1.807, 2.05) is 6.92 Å². The summed E-state index contributed by atoms with van der Waals surface area (Å²) in [4.78, 5) is 12.0. The predicted octanol–water partition coefficient (Wildman–Crippen LogP) is 1.60. The van der Waals surface area contributed by atoms with Gasteiger partial charge < -0.3 is 15.4 Å². The van der Waals surface area contributed by atoms with Crippen molar-refractivity contribution in [3.8, 4) is 0 Å². The first-order chi connectivity index (χ1) is 10.2. The number of hydrogen-bond donors (Lipinski definition) is 2. The van der Waals surface area contributed by atoms with E-state index in [4.69, 9.17) is 4.74 Å². The minimum Gasteiger partial charge on any atom is -0.380 e. The molecule has 7 heteroatoms. The van der Waals surface area contributed by atoms with E-state index in [0.717, 1.165) is 38.0 Å². The van der Waals surface area contributed by atoms with Crippen LogP contribution >= 0.6 is 15.9 Å². The van der Waals surface area contributed by atoms with Gasteiger partial charge in [0.1, 0.15) is 4.47 Å². The number of aryl methyl sites for hydroxylation is 1. The summed E-state index contributed by atoms with van der Waals surface area (Å²) in [5, 5.41) is 10.7. The van der Waals surface area contributed by atoms with Gasteiger partial charge in [-0.25, -0.2) is 4.68 Å². The summed E-state index contributed by atoms with van der Waals surface area (Å²) in [6.07, 6.45) is 5.06. The van der Waals surface area contributed by atoms with Gasteiger partial charge >= 0.3 is 0 Å². The third-order valence-corrected chi connectivity index (χ3v) is 4.24. The van der Waals surface area contributed by atoms with E-state index in [-0.39, 0.29) is 5.56 Å². The second-order valence-electron chi connectivity index (χ2n) is 5.15. The fraction of sp³-hybridized carbons (Fsp3) is 0.714. The molecule has 0 saturated carbocycles. The predicted molar refractivity (Wildman–Crippen MR) is 86.8 cm³/mol. The molecule has 21 heavy (non-hydrogen) atoms. The third kappa shape index (κ3) is 4.79. The number of hydrogen-bond acceptors (Lipinski definition) is 5. The molecule has 1 aliphatic heterocycles. The minimum absolute atomic E-state index is 0.0962. The summed E-state index contributed by atoms with van der Waals surface area (Å²) < 4.78 is 7.82. The van der Waals surface area contributed by atoms with Gasteiger partial charge in [-0.1, -0.05) is 6.92 Å². The minimum atomic E-state index is -0.0962. The molecule has 0 radical (unpaired) electrons. The van der Waals surface area contributed by atoms with Gasteiger partial charge in [-0.05, 0) is 48.3 Å². The van der Waals surface area contributed by atoms with Crippen molar-refractivity contribution >= 4 is 21.6 Å². The molecule has 2 rings (SSSR count). The van der Waals surface area contributed by atoms with Crippen LogP contribution in [-0.2, 0) is 11.3 Å². The highest BCUT2D eigenvalue weighted by molar-refractivity contribution is 9.10. The standard InChI is InChI=1S/C14H23BrN4O2/c1-2-8-19-14(20)13(15)12(10-18-19)17-7-9-21-11-3-5-16-6-4-11/h10-11,16-17H,2-9H2,1H3. The van der Waals surface area contributed by atoms with Crippen molar-refractivity contribution in [1.29, 1.82) is 0 Å². The zero-order valence-corrected chi connectivity index (χ0v) is 14.0. The first-order valence-corrected chi connectivity index (χ1v) is 8.33. The lowest BCUT2D eigenvalue weighted by atomic mass is 10.1. The van der Waals surface area contributed by atoms with Crippen LogP contribution in [0.1, 0.15) is 26.2 Å². The van der Waals surface area contributed by atoms with Crippen LogP contribution in [0.2, 0.25) is 0 Å². The molecule has 0 bridgehead atoms. The highest BCUT2D eigenvalue weighted by Crippen LogP contribution is 2.16. The van der Waals surface area contributed by atoms with Crippen molar-refractivity contribution < 1.29 is 4.74 Å². The maximum atomic E-state index is 12.0. The molecule has 0 atom stereocenters. The molecule has 1 aliphatic rings. The smallest absolute Gasteiger partial charge is 0.283 e. The zero-order valence-electron chi connectivity index (χ0n) is 12.4. The molecule has 6 nitrogen and oxygen atoms in total. The van der Waals surface area contributed by atoms with Crippen molar-refractivity contribution in [2.75, 3.05) is 31.6 Å². The Morgan fingerprint density at radius 1 is 1.52 bits per heavy atom. The van der Waals surface area contributed by atoms with Gasteiger partial charge in [-0.2, -0.15) is 5.10 Å². The summed E-state index contributed by atoms with van der Waals surface area (Å²) in [5.74, 6) is 0. The number of piperidine rings is 1. The molecule has 0 spiro atoms. The average molecular weight is 359 g/mol. The molecule has 0 amide bonds. The molecule has 0 unspecified atom stereocenters. The van der Waals surface area contributed by atoms with Gasteiger partial charge in [0.25, 0.3) is 5.56 Å². The van der Waals surface area contributed by atoms with Crippen molar-refractivity contribution in [1.82, 2.24) is 15.1 Å². The second-order valence-corrected chi connectivity index (χ2v) is 5.94. The Morgan fingerprint density at radius 2 is 2.29 bits per heavy atom. The van der Waals surface area contributed by atoms with Crippen LogP contribution in [0.3, 0.4) is 0 Å². The lowest BCUT2D eigenvalue weighted by Crippen LogP contribution is -2.33.